The quantitative estimate of drug-likeness (QED) is 0.771. The highest BCUT2D eigenvalue weighted by atomic mass is 16.5. The summed E-state index contributed by atoms with van der Waals surface area (Å²) < 4.78 is 6.61. The molecule has 3 N–H and O–H groups in total. The third kappa shape index (κ3) is 3.21. The number of carbonyl (C=O) groups is 1. The summed E-state index contributed by atoms with van der Waals surface area (Å²) in [6.45, 7) is 1.32. The minimum Gasteiger partial charge on any atom is -0.465 e. The van der Waals surface area contributed by atoms with Crippen molar-refractivity contribution in [2.24, 2.45) is 0 Å². The van der Waals surface area contributed by atoms with E-state index < -0.39 is 5.97 Å². The Kier molecular flexibility index (Phi) is 3.97. The summed E-state index contributed by atoms with van der Waals surface area (Å²) >= 11 is 0. The SMILES string of the molecule is COC(=O)c1cc(N)cnc1NCCn1ccnc1. The number of nitrogens with one attached hydrogen (secondary N) is 1. The zero-order valence-electron chi connectivity index (χ0n) is 10.5. The summed E-state index contributed by atoms with van der Waals surface area (Å²) in [6.07, 6.45) is 6.78. The van der Waals surface area contributed by atoms with Gasteiger partial charge < -0.3 is 20.4 Å². The van der Waals surface area contributed by atoms with Crippen molar-refractivity contribution in [3.63, 3.8) is 0 Å². The Hall–Kier alpha value is -2.57. The fourth-order valence-electron chi connectivity index (χ4n) is 1.61. The van der Waals surface area contributed by atoms with Crippen LogP contribution in [0.25, 0.3) is 0 Å². The molecule has 0 saturated carbocycles. The monoisotopic (exact) mass is 261 g/mol. The van der Waals surface area contributed by atoms with Crippen molar-refractivity contribution >= 4 is 17.5 Å². The molecule has 0 bridgehead atoms. The lowest BCUT2D eigenvalue weighted by Gasteiger charge is -2.10. The predicted octanol–water partition coefficient (Wildman–Crippen LogP) is 0.759. The Morgan fingerprint density at radius 3 is 3.11 bits per heavy atom. The number of nitrogen functional groups attached to an aromatic ring is 1. The zero-order chi connectivity index (χ0) is 13.7. The Labute approximate surface area is 110 Å². The van der Waals surface area contributed by atoms with Gasteiger partial charge in [0.25, 0.3) is 0 Å². The van der Waals surface area contributed by atoms with E-state index in [0.29, 0.717) is 30.2 Å². The van der Waals surface area contributed by atoms with Gasteiger partial charge in [0, 0.05) is 25.5 Å². The van der Waals surface area contributed by atoms with Crippen LogP contribution in [-0.4, -0.2) is 34.2 Å². The smallest absolute Gasteiger partial charge is 0.341 e. The molecule has 2 aromatic heterocycles. The summed E-state index contributed by atoms with van der Waals surface area (Å²) in [5.41, 5.74) is 6.36. The molecule has 0 atom stereocenters. The normalized spacial score (nSPS) is 10.2. The van der Waals surface area contributed by atoms with E-state index in [1.165, 1.54) is 13.3 Å². The number of pyridine rings is 1. The average molecular weight is 261 g/mol. The predicted molar refractivity (Wildman–Crippen MR) is 70.7 cm³/mol. The molecule has 0 aromatic carbocycles. The van der Waals surface area contributed by atoms with E-state index in [1.54, 1.807) is 18.6 Å². The standard InChI is InChI=1S/C12H15N5O2/c1-19-12(18)10-6-9(13)7-16-11(10)15-3-5-17-4-2-14-8-17/h2,4,6-8H,3,5,13H2,1H3,(H,15,16). The molecule has 2 aromatic rings. The van der Waals surface area contributed by atoms with E-state index in [2.05, 4.69) is 15.3 Å². The minimum absolute atomic E-state index is 0.327. The van der Waals surface area contributed by atoms with Crippen LogP contribution < -0.4 is 11.1 Å². The number of rotatable bonds is 5. The Morgan fingerprint density at radius 2 is 2.42 bits per heavy atom. The van der Waals surface area contributed by atoms with Gasteiger partial charge in [-0.3, -0.25) is 0 Å². The first kappa shape index (κ1) is 12.9. The van der Waals surface area contributed by atoms with E-state index in [1.807, 2.05) is 10.8 Å². The van der Waals surface area contributed by atoms with Crippen LogP contribution in [0.5, 0.6) is 0 Å². The molecule has 2 rings (SSSR count). The average Bonchev–Trinajstić information content (AvgIpc) is 2.92. The molecule has 0 spiro atoms. The van der Waals surface area contributed by atoms with Crippen molar-refractivity contribution in [2.45, 2.75) is 6.54 Å². The van der Waals surface area contributed by atoms with Crippen LogP contribution >= 0.6 is 0 Å². The Morgan fingerprint density at radius 1 is 1.58 bits per heavy atom. The van der Waals surface area contributed by atoms with Crippen LogP contribution in [0.2, 0.25) is 0 Å². The molecule has 7 nitrogen and oxygen atoms in total. The molecule has 0 saturated heterocycles. The first-order valence-corrected chi connectivity index (χ1v) is 5.74. The molecule has 0 unspecified atom stereocenters. The second kappa shape index (κ2) is 5.85. The Bertz CT molecular complexity index is 553. The van der Waals surface area contributed by atoms with Gasteiger partial charge in [-0.05, 0) is 6.07 Å². The third-order valence-electron chi connectivity index (χ3n) is 2.54. The van der Waals surface area contributed by atoms with Crippen LogP contribution in [0.15, 0.2) is 31.0 Å². The van der Waals surface area contributed by atoms with Crippen LogP contribution in [-0.2, 0) is 11.3 Å². The van der Waals surface area contributed by atoms with Crippen molar-refractivity contribution in [3.05, 3.63) is 36.5 Å². The van der Waals surface area contributed by atoms with Crippen molar-refractivity contribution in [2.75, 3.05) is 24.7 Å². The largest absolute Gasteiger partial charge is 0.465 e. The summed E-state index contributed by atoms with van der Waals surface area (Å²) in [6, 6.07) is 1.54. The minimum atomic E-state index is -0.468. The van der Waals surface area contributed by atoms with Gasteiger partial charge in [0.15, 0.2) is 0 Å². The fraction of sp³-hybridized carbons (Fsp3) is 0.250. The number of nitrogens with zero attached hydrogens (tertiary/aromatic N) is 3. The van der Waals surface area contributed by atoms with E-state index in [4.69, 9.17) is 10.5 Å². The molecular formula is C12H15N5O2. The molecule has 19 heavy (non-hydrogen) atoms. The molecule has 100 valence electrons. The summed E-state index contributed by atoms with van der Waals surface area (Å²) in [5, 5.41) is 3.08. The number of nitrogens with two attached hydrogens (primary N) is 1. The lowest BCUT2D eigenvalue weighted by molar-refractivity contribution is 0.0601. The number of imidazole rings is 1. The molecule has 0 aliphatic carbocycles. The van der Waals surface area contributed by atoms with Gasteiger partial charge in [0.2, 0.25) is 0 Å². The van der Waals surface area contributed by atoms with Gasteiger partial charge in [-0.15, -0.1) is 0 Å². The first-order chi connectivity index (χ1) is 9.20. The van der Waals surface area contributed by atoms with Crippen LogP contribution in [0.1, 0.15) is 10.4 Å². The molecule has 0 amide bonds. The second-order valence-electron chi connectivity index (χ2n) is 3.88. The maximum absolute atomic E-state index is 11.6. The molecular weight excluding hydrogens is 246 g/mol. The van der Waals surface area contributed by atoms with Gasteiger partial charge in [-0.1, -0.05) is 0 Å². The van der Waals surface area contributed by atoms with E-state index in [-0.39, 0.29) is 0 Å². The third-order valence-corrected chi connectivity index (χ3v) is 2.54. The van der Waals surface area contributed by atoms with Crippen LogP contribution in [0.4, 0.5) is 11.5 Å². The highest BCUT2D eigenvalue weighted by Crippen LogP contribution is 2.16. The van der Waals surface area contributed by atoms with Gasteiger partial charge in [-0.25, -0.2) is 14.8 Å². The first-order valence-electron chi connectivity index (χ1n) is 5.74. The molecule has 7 heteroatoms. The number of methoxy groups -OCH3 is 1. The highest BCUT2D eigenvalue weighted by molar-refractivity contribution is 5.95. The molecule has 0 fully saturated rings. The van der Waals surface area contributed by atoms with Crippen LogP contribution in [0.3, 0.4) is 0 Å². The number of esters is 1. The number of ether oxygens (including phenoxy) is 1. The van der Waals surface area contributed by atoms with Crippen LogP contribution in [0, 0.1) is 0 Å². The summed E-state index contributed by atoms with van der Waals surface area (Å²) in [7, 11) is 1.32. The molecule has 0 aliphatic rings. The fourth-order valence-corrected chi connectivity index (χ4v) is 1.61. The molecule has 2 heterocycles. The number of hydrogen-bond donors (Lipinski definition) is 2. The number of hydrogen-bond acceptors (Lipinski definition) is 6. The number of aromatic nitrogens is 3. The lowest BCUT2D eigenvalue weighted by atomic mass is 10.2. The van der Waals surface area contributed by atoms with E-state index in [0.717, 1.165) is 0 Å². The van der Waals surface area contributed by atoms with Gasteiger partial charge >= 0.3 is 5.97 Å². The van der Waals surface area contributed by atoms with Gasteiger partial charge in [0.05, 0.1) is 25.3 Å². The summed E-state index contributed by atoms with van der Waals surface area (Å²) in [4.78, 5) is 19.7. The van der Waals surface area contributed by atoms with Crippen molar-refractivity contribution < 1.29 is 9.53 Å². The highest BCUT2D eigenvalue weighted by Gasteiger charge is 2.13. The van der Waals surface area contributed by atoms with Crippen molar-refractivity contribution in [1.82, 2.24) is 14.5 Å². The molecule has 0 radical (unpaired) electrons. The Balaban J connectivity index is 2.04. The summed E-state index contributed by atoms with van der Waals surface area (Å²) in [5.74, 6) is -0.00824. The van der Waals surface area contributed by atoms with Crippen molar-refractivity contribution in [3.8, 4) is 0 Å². The molecule has 0 aliphatic heterocycles. The number of anilines is 2. The van der Waals surface area contributed by atoms with E-state index in [9.17, 15) is 4.79 Å². The van der Waals surface area contributed by atoms with Crippen molar-refractivity contribution in [1.29, 1.82) is 0 Å². The zero-order valence-corrected chi connectivity index (χ0v) is 10.5. The maximum atomic E-state index is 11.6. The van der Waals surface area contributed by atoms with Gasteiger partial charge in [0.1, 0.15) is 11.4 Å². The van der Waals surface area contributed by atoms with Gasteiger partial charge in [-0.2, -0.15) is 0 Å². The number of carbonyl (C=O) groups excluding carboxylic acids is 1. The second-order valence-corrected chi connectivity index (χ2v) is 3.88. The van der Waals surface area contributed by atoms with E-state index >= 15 is 0 Å². The lowest BCUT2D eigenvalue weighted by Crippen LogP contribution is -2.14. The maximum Gasteiger partial charge on any atom is 0.341 e. The topological polar surface area (TPSA) is 95.1 Å².